The highest BCUT2D eigenvalue weighted by Crippen LogP contribution is 2.29. The minimum Gasteiger partial charge on any atom is -0.391 e. The highest BCUT2D eigenvalue weighted by Gasteiger charge is 2.30. The Kier molecular flexibility index (Phi) is 5.31. The SMILES string of the molecule is Cc1cc(NCC2CCCCN2c2ccc(=O)n(C3CCCC3O)n2)n2ncnc2n1. The van der Waals surface area contributed by atoms with E-state index in [9.17, 15) is 9.90 Å². The Balaban J connectivity index is 1.38. The van der Waals surface area contributed by atoms with E-state index in [-0.39, 0.29) is 17.6 Å². The third-order valence-electron chi connectivity index (χ3n) is 6.39. The zero-order valence-corrected chi connectivity index (χ0v) is 17.7. The smallest absolute Gasteiger partial charge is 0.267 e. The van der Waals surface area contributed by atoms with Crippen molar-refractivity contribution in [3.8, 4) is 0 Å². The van der Waals surface area contributed by atoms with Gasteiger partial charge in [0.1, 0.15) is 18.0 Å². The minimum atomic E-state index is -0.501. The maximum atomic E-state index is 12.4. The van der Waals surface area contributed by atoms with E-state index in [1.54, 1.807) is 10.6 Å². The van der Waals surface area contributed by atoms with Gasteiger partial charge in [-0.05, 0) is 51.5 Å². The molecule has 1 aliphatic heterocycles. The van der Waals surface area contributed by atoms with Crippen LogP contribution in [0.5, 0.6) is 0 Å². The van der Waals surface area contributed by atoms with E-state index in [1.165, 1.54) is 11.0 Å². The van der Waals surface area contributed by atoms with Crippen molar-refractivity contribution in [3.63, 3.8) is 0 Å². The molecule has 10 heteroatoms. The van der Waals surface area contributed by atoms with Crippen molar-refractivity contribution in [2.24, 2.45) is 0 Å². The van der Waals surface area contributed by atoms with Crippen LogP contribution < -0.4 is 15.8 Å². The Hall–Kier alpha value is -3.01. The largest absolute Gasteiger partial charge is 0.391 e. The molecule has 2 fully saturated rings. The summed E-state index contributed by atoms with van der Waals surface area (Å²) in [4.78, 5) is 23.3. The van der Waals surface area contributed by atoms with Gasteiger partial charge in [-0.3, -0.25) is 4.79 Å². The van der Waals surface area contributed by atoms with Crippen LogP contribution in [0.2, 0.25) is 0 Å². The maximum absolute atomic E-state index is 12.4. The molecule has 3 aromatic heterocycles. The lowest BCUT2D eigenvalue weighted by Crippen LogP contribution is -2.45. The Labute approximate surface area is 179 Å². The predicted octanol–water partition coefficient (Wildman–Crippen LogP) is 1.55. The zero-order valence-electron chi connectivity index (χ0n) is 17.7. The van der Waals surface area contributed by atoms with Crippen molar-refractivity contribution in [1.29, 1.82) is 0 Å². The molecule has 1 saturated carbocycles. The standard InChI is InChI=1S/C21H28N8O2/c1-14-11-19(29-21(25-14)23-13-24-29)22-12-15-5-2-3-10-27(15)18-8-9-20(31)28(26-18)16-6-4-7-17(16)30/h8-9,11,13,15-17,22,30H,2-7,10,12H2,1H3. The third-order valence-corrected chi connectivity index (χ3v) is 6.39. The summed E-state index contributed by atoms with van der Waals surface area (Å²) in [5.41, 5.74) is 0.731. The number of rotatable bonds is 5. The molecule has 2 N–H and O–H groups in total. The summed E-state index contributed by atoms with van der Waals surface area (Å²) in [6, 6.07) is 5.36. The number of nitrogens with one attached hydrogen (secondary N) is 1. The Morgan fingerprint density at radius 3 is 2.94 bits per heavy atom. The predicted molar refractivity (Wildman–Crippen MR) is 116 cm³/mol. The summed E-state index contributed by atoms with van der Waals surface area (Å²) >= 11 is 0. The lowest BCUT2D eigenvalue weighted by atomic mass is 10.0. The molecule has 3 aromatic rings. The molecule has 0 amide bonds. The number of piperidine rings is 1. The highest BCUT2D eigenvalue weighted by molar-refractivity contribution is 5.46. The van der Waals surface area contributed by atoms with Gasteiger partial charge in [0.05, 0.1) is 12.1 Å². The molecule has 3 unspecified atom stereocenters. The van der Waals surface area contributed by atoms with Crippen LogP contribution in [0.3, 0.4) is 0 Å². The molecule has 0 aromatic carbocycles. The van der Waals surface area contributed by atoms with E-state index in [0.29, 0.717) is 12.3 Å². The summed E-state index contributed by atoms with van der Waals surface area (Å²) in [6.45, 7) is 3.54. The van der Waals surface area contributed by atoms with Crippen molar-refractivity contribution >= 4 is 17.4 Å². The first-order valence-corrected chi connectivity index (χ1v) is 11.1. The average Bonchev–Trinajstić information content (AvgIpc) is 3.41. The highest BCUT2D eigenvalue weighted by atomic mass is 16.3. The molecule has 2 aliphatic rings. The molecule has 3 atom stereocenters. The van der Waals surface area contributed by atoms with Crippen LogP contribution in [-0.4, -0.2) is 59.7 Å². The van der Waals surface area contributed by atoms with Crippen LogP contribution in [0.15, 0.2) is 29.3 Å². The van der Waals surface area contributed by atoms with E-state index < -0.39 is 6.10 Å². The van der Waals surface area contributed by atoms with Gasteiger partial charge in [-0.25, -0.2) is 9.67 Å². The Morgan fingerprint density at radius 1 is 1.19 bits per heavy atom. The van der Waals surface area contributed by atoms with Gasteiger partial charge in [-0.1, -0.05) is 0 Å². The van der Waals surface area contributed by atoms with Crippen LogP contribution in [0, 0.1) is 6.92 Å². The van der Waals surface area contributed by atoms with Gasteiger partial charge >= 0.3 is 0 Å². The van der Waals surface area contributed by atoms with E-state index in [2.05, 4.69) is 25.3 Å². The lowest BCUT2D eigenvalue weighted by molar-refractivity contribution is 0.127. The molecule has 5 rings (SSSR count). The molecule has 164 valence electrons. The number of hydrogen-bond acceptors (Lipinski definition) is 8. The summed E-state index contributed by atoms with van der Waals surface area (Å²) in [5.74, 6) is 2.23. The summed E-state index contributed by atoms with van der Waals surface area (Å²) < 4.78 is 3.21. The first-order valence-electron chi connectivity index (χ1n) is 11.1. The van der Waals surface area contributed by atoms with E-state index >= 15 is 0 Å². The van der Waals surface area contributed by atoms with Crippen molar-refractivity contribution < 1.29 is 5.11 Å². The average molecular weight is 425 g/mol. The number of fused-ring (bicyclic) bond motifs is 1. The molecule has 1 saturated heterocycles. The minimum absolute atomic E-state index is 0.151. The van der Waals surface area contributed by atoms with Gasteiger partial charge in [0.15, 0.2) is 0 Å². The van der Waals surface area contributed by atoms with Gasteiger partial charge in [0.25, 0.3) is 11.3 Å². The van der Waals surface area contributed by atoms with E-state index in [0.717, 1.165) is 62.4 Å². The summed E-state index contributed by atoms with van der Waals surface area (Å²) in [7, 11) is 0. The van der Waals surface area contributed by atoms with Gasteiger partial charge in [0.2, 0.25) is 0 Å². The number of aromatic nitrogens is 6. The zero-order chi connectivity index (χ0) is 21.4. The molecular formula is C21H28N8O2. The van der Waals surface area contributed by atoms with Gasteiger partial charge in [0, 0.05) is 37.0 Å². The summed E-state index contributed by atoms with van der Waals surface area (Å²) in [5, 5.41) is 22.8. The molecular weight excluding hydrogens is 396 g/mol. The number of aliphatic hydroxyl groups excluding tert-OH is 1. The van der Waals surface area contributed by atoms with Gasteiger partial charge in [-0.2, -0.15) is 19.7 Å². The van der Waals surface area contributed by atoms with Gasteiger partial charge in [-0.15, -0.1) is 0 Å². The third kappa shape index (κ3) is 3.87. The van der Waals surface area contributed by atoms with Crippen molar-refractivity contribution in [3.05, 3.63) is 40.6 Å². The summed E-state index contributed by atoms with van der Waals surface area (Å²) in [6.07, 6.45) is 6.71. The molecule has 0 radical (unpaired) electrons. The van der Waals surface area contributed by atoms with Crippen LogP contribution >= 0.6 is 0 Å². The van der Waals surface area contributed by atoms with Crippen LogP contribution in [-0.2, 0) is 0 Å². The number of aryl methyl sites for hydroxylation is 1. The molecule has 31 heavy (non-hydrogen) atoms. The monoisotopic (exact) mass is 424 g/mol. The number of anilines is 2. The fourth-order valence-corrected chi connectivity index (χ4v) is 4.81. The second-order valence-corrected chi connectivity index (χ2v) is 8.52. The number of hydrogen-bond donors (Lipinski definition) is 2. The topological polar surface area (TPSA) is 113 Å². The lowest BCUT2D eigenvalue weighted by Gasteiger charge is -2.37. The molecule has 4 heterocycles. The molecule has 0 bridgehead atoms. The molecule has 10 nitrogen and oxygen atoms in total. The molecule has 0 spiro atoms. The maximum Gasteiger partial charge on any atom is 0.267 e. The fourth-order valence-electron chi connectivity index (χ4n) is 4.81. The number of nitrogens with zero attached hydrogens (tertiary/aromatic N) is 7. The second kappa shape index (κ2) is 8.26. The van der Waals surface area contributed by atoms with Crippen LogP contribution in [0.4, 0.5) is 11.6 Å². The first-order chi connectivity index (χ1) is 15.1. The second-order valence-electron chi connectivity index (χ2n) is 8.52. The normalized spacial score (nSPS) is 24.1. The Bertz CT molecular complexity index is 1130. The van der Waals surface area contributed by atoms with E-state index in [4.69, 9.17) is 5.10 Å². The van der Waals surface area contributed by atoms with Crippen molar-refractivity contribution in [2.45, 2.75) is 63.6 Å². The number of aliphatic hydroxyl groups is 1. The molecule has 1 aliphatic carbocycles. The van der Waals surface area contributed by atoms with Crippen molar-refractivity contribution in [2.75, 3.05) is 23.3 Å². The van der Waals surface area contributed by atoms with Crippen LogP contribution in [0.1, 0.15) is 50.3 Å². The fraction of sp³-hybridized carbons (Fsp3) is 0.571. The van der Waals surface area contributed by atoms with Crippen LogP contribution in [0.25, 0.3) is 5.78 Å². The quantitative estimate of drug-likeness (QED) is 0.634. The Morgan fingerprint density at radius 2 is 2.10 bits per heavy atom. The van der Waals surface area contributed by atoms with Crippen molar-refractivity contribution in [1.82, 2.24) is 29.4 Å². The first kappa shape index (κ1) is 19.9. The van der Waals surface area contributed by atoms with Gasteiger partial charge < -0.3 is 15.3 Å². The van der Waals surface area contributed by atoms with E-state index in [1.807, 2.05) is 19.1 Å².